The molecule has 0 rings (SSSR count). The van der Waals surface area contributed by atoms with Gasteiger partial charge in [0.1, 0.15) is 12.1 Å². The first-order chi connectivity index (χ1) is 13.4. The van der Waals surface area contributed by atoms with Gasteiger partial charge in [0.15, 0.2) is 0 Å². The molecule has 0 aromatic carbocycles. The molecule has 4 unspecified atom stereocenters. The van der Waals surface area contributed by atoms with Crippen LogP contribution in [-0.4, -0.2) is 70.5 Å². The quantitative estimate of drug-likeness (QED) is 0.160. The maximum Gasteiger partial charge on any atom is 0.326 e. The molecule has 9 N–H and O–H groups in total. The summed E-state index contributed by atoms with van der Waals surface area (Å²) < 4.78 is 0. The number of aliphatic carboxylic acids is 2. The molecule has 13 nitrogen and oxygen atoms in total. The fourth-order valence-corrected chi connectivity index (χ4v) is 2.10. The Kier molecular flexibility index (Phi) is 10.9. The van der Waals surface area contributed by atoms with Crippen LogP contribution in [0.15, 0.2) is 0 Å². The van der Waals surface area contributed by atoms with Crippen LogP contribution >= 0.6 is 0 Å². The number of carbonyl (C=O) groups excluding carboxylic acids is 4. The minimum Gasteiger partial charge on any atom is -0.481 e. The van der Waals surface area contributed by atoms with Crippen molar-refractivity contribution in [3.05, 3.63) is 0 Å². The van der Waals surface area contributed by atoms with Crippen LogP contribution in [0.2, 0.25) is 0 Å². The van der Waals surface area contributed by atoms with Gasteiger partial charge in [-0.1, -0.05) is 20.3 Å². The number of nitrogens with two attached hydrogens (primary N) is 2. The molecule has 0 saturated heterocycles. The highest BCUT2D eigenvalue weighted by molar-refractivity contribution is 5.95. The molecule has 0 aliphatic rings. The Labute approximate surface area is 166 Å². The van der Waals surface area contributed by atoms with E-state index in [0.29, 0.717) is 6.42 Å². The van der Waals surface area contributed by atoms with E-state index in [0.717, 1.165) is 0 Å². The van der Waals surface area contributed by atoms with E-state index in [9.17, 15) is 28.8 Å². The zero-order valence-corrected chi connectivity index (χ0v) is 16.1. The highest BCUT2D eigenvalue weighted by Crippen LogP contribution is 2.04. The van der Waals surface area contributed by atoms with Gasteiger partial charge in [0.25, 0.3) is 0 Å². The lowest BCUT2D eigenvalue weighted by Crippen LogP contribution is -2.55. The highest BCUT2D eigenvalue weighted by atomic mass is 16.4. The number of carboxylic acids is 2. The Morgan fingerprint density at radius 2 is 1.52 bits per heavy atom. The maximum absolute atomic E-state index is 12.2. The Morgan fingerprint density at radius 3 is 1.97 bits per heavy atom. The molecule has 0 spiro atoms. The molecule has 0 aromatic rings. The molecule has 13 heteroatoms. The van der Waals surface area contributed by atoms with Gasteiger partial charge in [-0.2, -0.15) is 0 Å². The van der Waals surface area contributed by atoms with Crippen LogP contribution in [0, 0.1) is 5.92 Å². The fourth-order valence-electron chi connectivity index (χ4n) is 2.10. The van der Waals surface area contributed by atoms with Crippen molar-refractivity contribution in [1.29, 1.82) is 0 Å². The SMILES string of the molecule is CCC(C)C(N)C(=O)NCC(=O)NC(CC(=O)O)C(=O)NC(CC(N)=O)C(=O)O. The van der Waals surface area contributed by atoms with Gasteiger partial charge in [-0.3, -0.25) is 24.0 Å². The summed E-state index contributed by atoms with van der Waals surface area (Å²) in [5, 5.41) is 24.2. The molecule has 0 radical (unpaired) electrons. The van der Waals surface area contributed by atoms with Crippen molar-refractivity contribution in [3.8, 4) is 0 Å². The van der Waals surface area contributed by atoms with E-state index in [4.69, 9.17) is 21.7 Å². The molecule has 0 aliphatic heterocycles. The summed E-state index contributed by atoms with van der Waals surface area (Å²) in [6, 6.07) is -4.19. The van der Waals surface area contributed by atoms with Crippen molar-refractivity contribution in [2.75, 3.05) is 6.54 Å². The van der Waals surface area contributed by atoms with E-state index < -0.39 is 73.1 Å². The zero-order valence-electron chi connectivity index (χ0n) is 16.1. The number of hydrogen-bond acceptors (Lipinski definition) is 7. The topological polar surface area (TPSA) is 231 Å². The summed E-state index contributed by atoms with van der Waals surface area (Å²) in [4.78, 5) is 68.9. The largest absolute Gasteiger partial charge is 0.481 e. The number of carbonyl (C=O) groups is 6. The highest BCUT2D eigenvalue weighted by Gasteiger charge is 2.29. The lowest BCUT2D eigenvalue weighted by Gasteiger charge is -2.21. The molecule has 0 heterocycles. The molecule has 29 heavy (non-hydrogen) atoms. The van der Waals surface area contributed by atoms with Gasteiger partial charge in [-0.05, 0) is 5.92 Å². The monoisotopic (exact) mass is 417 g/mol. The Morgan fingerprint density at radius 1 is 0.931 bits per heavy atom. The molecule has 0 aromatic heterocycles. The van der Waals surface area contributed by atoms with Crippen LogP contribution < -0.4 is 27.4 Å². The predicted molar refractivity (Wildman–Crippen MR) is 98.0 cm³/mol. The second-order valence-corrected chi connectivity index (χ2v) is 6.42. The standard InChI is InChI=1S/C16H27N5O8/c1-3-7(2)13(18)15(27)19-6-11(23)20-8(5-12(24)25)14(26)21-9(16(28)29)4-10(17)22/h7-9,13H,3-6,18H2,1-2H3,(H2,17,22)(H,19,27)(H,20,23)(H,21,26)(H,24,25)(H,28,29). The minimum absolute atomic E-state index is 0.137. The van der Waals surface area contributed by atoms with Crippen molar-refractivity contribution in [3.63, 3.8) is 0 Å². The summed E-state index contributed by atoms with van der Waals surface area (Å²) in [7, 11) is 0. The van der Waals surface area contributed by atoms with Gasteiger partial charge in [-0.25, -0.2) is 4.79 Å². The molecule has 0 aliphatic carbocycles. The smallest absolute Gasteiger partial charge is 0.326 e. The molecule has 4 atom stereocenters. The molecule has 4 amide bonds. The van der Waals surface area contributed by atoms with Gasteiger partial charge in [-0.15, -0.1) is 0 Å². The van der Waals surface area contributed by atoms with Crippen LogP contribution in [0.3, 0.4) is 0 Å². The van der Waals surface area contributed by atoms with Gasteiger partial charge in [0, 0.05) is 0 Å². The second kappa shape index (κ2) is 12.3. The molecule has 0 fully saturated rings. The van der Waals surface area contributed by atoms with E-state index in [-0.39, 0.29) is 5.92 Å². The van der Waals surface area contributed by atoms with Crippen molar-refractivity contribution in [2.45, 2.75) is 51.2 Å². The lowest BCUT2D eigenvalue weighted by atomic mass is 9.99. The number of hydrogen-bond donors (Lipinski definition) is 7. The van der Waals surface area contributed by atoms with Crippen LogP contribution in [0.4, 0.5) is 0 Å². The van der Waals surface area contributed by atoms with Crippen LogP contribution in [-0.2, 0) is 28.8 Å². The van der Waals surface area contributed by atoms with Crippen molar-refractivity contribution >= 4 is 35.6 Å². The van der Waals surface area contributed by atoms with Crippen molar-refractivity contribution in [1.82, 2.24) is 16.0 Å². The summed E-state index contributed by atoms with van der Waals surface area (Å²) >= 11 is 0. The summed E-state index contributed by atoms with van der Waals surface area (Å²) in [5.41, 5.74) is 10.6. The number of nitrogens with one attached hydrogen (secondary N) is 3. The van der Waals surface area contributed by atoms with E-state index >= 15 is 0 Å². The van der Waals surface area contributed by atoms with Gasteiger partial charge in [0.2, 0.25) is 23.6 Å². The first-order valence-corrected chi connectivity index (χ1v) is 8.74. The summed E-state index contributed by atoms with van der Waals surface area (Å²) in [6.45, 7) is 3.01. The van der Waals surface area contributed by atoms with Gasteiger partial charge >= 0.3 is 11.9 Å². The third kappa shape index (κ3) is 10.0. The first kappa shape index (κ1) is 25.8. The Hall–Kier alpha value is -3.22. The Bertz CT molecular complexity index is 653. The molecular formula is C16H27N5O8. The zero-order chi connectivity index (χ0) is 22.7. The average Bonchev–Trinajstić information content (AvgIpc) is 2.62. The number of rotatable bonds is 13. The normalized spacial score (nSPS) is 14.6. The third-order valence-corrected chi connectivity index (χ3v) is 4.03. The van der Waals surface area contributed by atoms with E-state index in [1.807, 2.05) is 12.2 Å². The van der Waals surface area contributed by atoms with Gasteiger partial charge < -0.3 is 37.6 Å². The summed E-state index contributed by atoms with van der Waals surface area (Å²) in [5.74, 6) is -6.78. The first-order valence-electron chi connectivity index (χ1n) is 8.74. The lowest BCUT2D eigenvalue weighted by molar-refractivity contribution is -0.144. The maximum atomic E-state index is 12.2. The van der Waals surface area contributed by atoms with Crippen LogP contribution in [0.1, 0.15) is 33.1 Å². The van der Waals surface area contributed by atoms with E-state index in [1.165, 1.54) is 0 Å². The average molecular weight is 417 g/mol. The number of carboxylic acid groups (broad SMARTS) is 2. The molecular weight excluding hydrogens is 390 g/mol. The van der Waals surface area contributed by atoms with Crippen molar-refractivity contribution in [2.24, 2.45) is 17.4 Å². The van der Waals surface area contributed by atoms with Crippen molar-refractivity contribution < 1.29 is 39.0 Å². The summed E-state index contributed by atoms with van der Waals surface area (Å²) in [6.07, 6.45) is -0.948. The van der Waals surface area contributed by atoms with Crippen LogP contribution in [0.5, 0.6) is 0 Å². The Balaban J connectivity index is 4.97. The fraction of sp³-hybridized carbons (Fsp3) is 0.625. The number of primary amides is 1. The number of amides is 4. The van der Waals surface area contributed by atoms with E-state index in [1.54, 1.807) is 6.92 Å². The van der Waals surface area contributed by atoms with Gasteiger partial charge in [0.05, 0.1) is 25.4 Å². The molecule has 0 saturated carbocycles. The second-order valence-electron chi connectivity index (χ2n) is 6.42. The third-order valence-electron chi connectivity index (χ3n) is 4.03. The van der Waals surface area contributed by atoms with Crippen LogP contribution in [0.25, 0.3) is 0 Å². The molecule has 0 bridgehead atoms. The molecule has 164 valence electrons. The minimum atomic E-state index is -1.69. The van der Waals surface area contributed by atoms with E-state index in [2.05, 4.69) is 10.6 Å². The predicted octanol–water partition coefficient (Wildman–Crippen LogP) is -3.12.